The molecule has 2 aromatic rings. The Hall–Kier alpha value is -1.84. The van der Waals surface area contributed by atoms with Crippen LogP contribution in [0.3, 0.4) is 0 Å². The highest BCUT2D eigenvalue weighted by Crippen LogP contribution is 2.02. The van der Waals surface area contributed by atoms with Crippen LogP contribution in [-0.4, -0.2) is 14.8 Å². The summed E-state index contributed by atoms with van der Waals surface area (Å²) >= 11 is 0. The van der Waals surface area contributed by atoms with E-state index >= 15 is 0 Å². The lowest BCUT2D eigenvalue weighted by molar-refractivity contribution is 0.790. The maximum atomic E-state index is 11.6. The van der Waals surface area contributed by atoms with Crippen LogP contribution in [0, 0.1) is 6.92 Å². The number of aromatic amines is 1. The van der Waals surface area contributed by atoms with Crippen molar-refractivity contribution in [2.75, 3.05) is 0 Å². The summed E-state index contributed by atoms with van der Waals surface area (Å²) in [4.78, 5) is 15.9. The fourth-order valence-electron chi connectivity index (χ4n) is 1.45. The third-order valence-electron chi connectivity index (χ3n) is 2.26. The molecule has 0 radical (unpaired) electrons. The highest BCUT2D eigenvalue weighted by Gasteiger charge is 2.04. The summed E-state index contributed by atoms with van der Waals surface area (Å²) in [5, 5.41) is 3.02. The predicted octanol–water partition coefficient (Wildman–Crippen LogP) is 1.43. The van der Waals surface area contributed by atoms with Crippen LogP contribution in [0.25, 0.3) is 5.82 Å². The Morgan fingerprint density at radius 3 is 2.87 bits per heavy atom. The van der Waals surface area contributed by atoms with E-state index in [2.05, 4.69) is 10.1 Å². The first-order valence-electron chi connectivity index (χ1n) is 4.95. The number of hydrogen-bond acceptors (Lipinski definition) is 2. The molecule has 0 spiro atoms. The van der Waals surface area contributed by atoms with E-state index in [4.69, 9.17) is 0 Å². The Morgan fingerprint density at radius 1 is 1.47 bits per heavy atom. The van der Waals surface area contributed by atoms with Gasteiger partial charge in [-0.1, -0.05) is 13.0 Å². The molecule has 0 saturated carbocycles. The third kappa shape index (κ3) is 1.83. The van der Waals surface area contributed by atoms with Crippen molar-refractivity contribution in [1.82, 2.24) is 14.8 Å². The summed E-state index contributed by atoms with van der Waals surface area (Å²) in [6.45, 7) is 3.90. The molecule has 78 valence electrons. The van der Waals surface area contributed by atoms with Crippen molar-refractivity contribution in [3.8, 4) is 5.82 Å². The van der Waals surface area contributed by atoms with Crippen LogP contribution in [0.2, 0.25) is 0 Å². The van der Waals surface area contributed by atoms with Gasteiger partial charge in [-0.15, -0.1) is 0 Å². The fraction of sp³-hybridized carbons (Fsp3) is 0.273. The number of aryl methyl sites for hydroxylation is 2. The van der Waals surface area contributed by atoms with E-state index < -0.39 is 0 Å². The quantitative estimate of drug-likeness (QED) is 0.802. The van der Waals surface area contributed by atoms with Gasteiger partial charge in [-0.2, -0.15) is 0 Å². The third-order valence-corrected chi connectivity index (χ3v) is 2.26. The fourth-order valence-corrected chi connectivity index (χ4v) is 1.45. The van der Waals surface area contributed by atoms with Crippen LogP contribution in [0.1, 0.15) is 18.3 Å². The molecule has 2 aromatic heterocycles. The molecule has 4 heteroatoms. The molecule has 0 bridgehead atoms. The highest BCUT2D eigenvalue weighted by atomic mass is 16.1. The molecule has 0 fully saturated rings. The molecule has 0 aliphatic carbocycles. The van der Waals surface area contributed by atoms with Gasteiger partial charge in [0.15, 0.2) is 5.82 Å². The number of nitrogens with one attached hydrogen (secondary N) is 1. The lowest BCUT2D eigenvalue weighted by Gasteiger charge is -2.01. The second kappa shape index (κ2) is 3.73. The molecule has 0 aliphatic rings. The maximum absolute atomic E-state index is 11.6. The second-order valence-electron chi connectivity index (χ2n) is 3.45. The van der Waals surface area contributed by atoms with Gasteiger partial charge in [0.2, 0.25) is 0 Å². The van der Waals surface area contributed by atoms with Crippen LogP contribution < -0.4 is 5.56 Å². The molecule has 15 heavy (non-hydrogen) atoms. The zero-order valence-electron chi connectivity index (χ0n) is 8.82. The first-order valence-corrected chi connectivity index (χ1v) is 4.95. The van der Waals surface area contributed by atoms with E-state index in [1.165, 1.54) is 4.68 Å². The van der Waals surface area contributed by atoms with E-state index in [0.29, 0.717) is 5.82 Å². The van der Waals surface area contributed by atoms with E-state index in [0.717, 1.165) is 17.8 Å². The van der Waals surface area contributed by atoms with Crippen molar-refractivity contribution in [2.45, 2.75) is 20.3 Å². The summed E-state index contributed by atoms with van der Waals surface area (Å²) in [7, 11) is 0. The molecule has 4 nitrogen and oxygen atoms in total. The molecule has 0 atom stereocenters. The van der Waals surface area contributed by atoms with E-state index in [9.17, 15) is 4.79 Å². The summed E-state index contributed by atoms with van der Waals surface area (Å²) in [5.41, 5.74) is 1.75. The molecule has 0 saturated heterocycles. The van der Waals surface area contributed by atoms with E-state index in [-0.39, 0.29) is 5.56 Å². The average molecular weight is 203 g/mol. The minimum atomic E-state index is -0.0649. The van der Waals surface area contributed by atoms with Gasteiger partial charge in [-0.25, -0.2) is 9.67 Å². The normalized spacial score (nSPS) is 10.5. The summed E-state index contributed by atoms with van der Waals surface area (Å²) in [6, 6.07) is 7.20. The maximum Gasteiger partial charge on any atom is 0.272 e. The minimum Gasteiger partial charge on any atom is -0.294 e. The second-order valence-corrected chi connectivity index (χ2v) is 3.45. The molecule has 0 unspecified atom stereocenters. The van der Waals surface area contributed by atoms with Crippen molar-refractivity contribution < 1.29 is 0 Å². The van der Waals surface area contributed by atoms with Gasteiger partial charge in [-0.05, 0) is 25.5 Å². The van der Waals surface area contributed by atoms with E-state index in [1.807, 2.05) is 32.0 Å². The van der Waals surface area contributed by atoms with Crippen molar-refractivity contribution >= 4 is 0 Å². The summed E-state index contributed by atoms with van der Waals surface area (Å²) < 4.78 is 1.46. The van der Waals surface area contributed by atoms with Gasteiger partial charge in [0.25, 0.3) is 5.56 Å². The van der Waals surface area contributed by atoms with Gasteiger partial charge in [0, 0.05) is 17.5 Å². The lowest BCUT2D eigenvalue weighted by Crippen LogP contribution is -2.15. The zero-order chi connectivity index (χ0) is 10.8. The van der Waals surface area contributed by atoms with Gasteiger partial charge in [-0.3, -0.25) is 9.89 Å². The van der Waals surface area contributed by atoms with Crippen molar-refractivity contribution in [3.63, 3.8) is 0 Å². The predicted molar refractivity (Wildman–Crippen MR) is 58.3 cm³/mol. The largest absolute Gasteiger partial charge is 0.294 e. The average Bonchev–Trinajstić information content (AvgIpc) is 2.60. The number of rotatable bonds is 2. The first kappa shape index (κ1) is 9.71. The molecule has 0 aromatic carbocycles. The Labute approximate surface area is 87.6 Å². The topological polar surface area (TPSA) is 50.7 Å². The van der Waals surface area contributed by atoms with Gasteiger partial charge < -0.3 is 0 Å². The van der Waals surface area contributed by atoms with Crippen LogP contribution in [0.15, 0.2) is 29.1 Å². The van der Waals surface area contributed by atoms with Crippen LogP contribution in [0.5, 0.6) is 0 Å². The van der Waals surface area contributed by atoms with Crippen molar-refractivity contribution in [3.05, 3.63) is 46.0 Å². The van der Waals surface area contributed by atoms with Crippen LogP contribution >= 0.6 is 0 Å². The van der Waals surface area contributed by atoms with E-state index in [1.54, 1.807) is 6.07 Å². The Morgan fingerprint density at radius 2 is 2.27 bits per heavy atom. The number of aromatic nitrogens is 3. The number of hydrogen-bond donors (Lipinski definition) is 1. The number of H-pyrrole nitrogens is 1. The SMILES string of the molecule is CCc1cc(=O)n(-c2cccc(C)n2)[nH]1. The lowest BCUT2D eigenvalue weighted by atomic mass is 10.3. The Bertz CT molecular complexity index is 525. The smallest absolute Gasteiger partial charge is 0.272 e. The van der Waals surface area contributed by atoms with Crippen LogP contribution in [0.4, 0.5) is 0 Å². The molecule has 2 heterocycles. The Balaban J connectivity index is 2.54. The standard InChI is InChI=1S/C11H13N3O/c1-3-9-7-11(15)14(13-9)10-6-4-5-8(2)12-10/h4-7,13H,3H2,1-2H3. The molecule has 0 aliphatic heterocycles. The molecule has 1 N–H and O–H groups in total. The van der Waals surface area contributed by atoms with Gasteiger partial charge in [0.1, 0.15) is 0 Å². The molecule has 0 amide bonds. The molecule has 2 rings (SSSR count). The highest BCUT2D eigenvalue weighted by molar-refractivity contribution is 5.23. The van der Waals surface area contributed by atoms with Gasteiger partial charge >= 0.3 is 0 Å². The minimum absolute atomic E-state index is 0.0649. The van der Waals surface area contributed by atoms with Crippen molar-refractivity contribution in [1.29, 1.82) is 0 Å². The number of pyridine rings is 1. The molecular weight excluding hydrogens is 190 g/mol. The monoisotopic (exact) mass is 203 g/mol. The van der Waals surface area contributed by atoms with Crippen LogP contribution in [-0.2, 0) is 6.42 Å². The first-order chi connectivity index (χ1) is 7.20. The zero-order valence-corrected chi connectivity index (χ0v) is 8.82. The summed E-state index contributed by atoms with van der Waals surface area (Å²) in [5.74, 6) is 0.639. The molecular formula is C11H13N3O. The van der Waals surface area contributed by atoms with Crippen molar-refractivity contribution in [2.24, 2.45) is 0 Å². The number of nitrogens with zero attached hydrogens (tertiary/aromatic N) is 2. The van der Waals surface area contributed by atoms with Gasteiger partial charge in [0.05, 0.1) is 0 Å². The Kier molecular flexibility index (Phi) is 2.41. The summed E-state index contributed by atoms with van der Waals surface area (Å²) in [6.07, 6.45) is 0.814.